The predicted octanol–water partition coefficient (Wildman–Crippen LogP) is 2.87. The standard InChI is InChI=1S/C14H23NO2S/c1-4-6-13-7-9-14(10-8-13)15-12(3)11-18(16,17)5-2/h7-10,12,15H,4-6,11H2,1-3H3. The molecule has 1 atom stereocenters. The minimum absolute atomic E-state index is 0.0630. The van der Waals surface area contributed by atoms with Gasteiger partial charge in [0.15, 0.2) is 9.84 Å². The van der Waals surface area contributed by atoms with E-state index < -0.39 is 9.84 Å². The Kier molecular flexibility index (Phi) is 5.66. The molecule has 1 aromatic carbocycles. The average Bonchev–Trinajstić information content (AvgIpc) is 2.31. The van der Waals surface area contributed by atoms with Crippen LogP contribution in [0.25, 0.3) is 0 Å². The van der Waals surface area contributed by atoms with Crippen molar-refractivity contribution in [1.82, 2.24) is 0 Å². The van der Waals surface area contributed by atoms with Crippen LogP contribution < -0.4 is 5.32 Å². The molecule has 0 spiro atoms. The molecule has 18 heavy (non-hydrogen) atoms. The second-order valence-corrected chi connectivity index (χ2v) is 7.09. The Morgan fingerprint density at radius 2 is 1.78 bits per heavy atom. The van der Waals surface area contributed by atoms with Gasteiger partial charge in [-0.15, -0.1) is 0 Å². The van der Waals surface area contributed by atoms with Crippen LogP contribution >= 0.6 is 0 Å². The van der Waals surface area contributed by atoms with Gasteiger partial charge in [-0.05, 0) is 31.0 Å². The SMILES string of the molecule is CCCc1ccc(NC(C)CS(=O)(=O)CC)cc1. The zero-order valence-corrected chi connectivity index (χ0v) is 12.3. The van der Waals surface area contributed by atoms with E-state index in [-0.39, 0.29) is 17.5 Å². The van der Waals surface area contributed by atoms with Gasteiger partial charge in [-0.1, -0.05) is 32.4 Å². The largest absolute Gasteiger partial charge is 0.382 e. The minimum atomic E-state index is -2.92. The summed E-state index contributed by atoms with van der Waals surface area (Å²) >= 11 is 0. The lowest BCUT2D eigenvalue weighted by molar-refractivity contribution is 0.593. The smallest absolute Gasteiger partial charge is 0.152 e. The number of sulfone groups is 1. The van der Waals surface area contributed by atoms with Crippen molar-refractivity contribution in [3.63, 3.8) is 0 Å². The fourth-order valence-electron chi connectivity index (χ4n) is 1.88. The highest BCUT2D eigenvalue weighted by Crippen LogP contribution is 2.12. The highest BCUT2D eigenvalue weighted by atomic mass is 32.2. The maximum atomic E-state index is 11.5. The van der Waals surface area contributed by atoms with Crippen LogP contribution in [0.4, 0.5) is 5.69 Å². The van der Waals surface area contributed by atoms with Gasteiger partial charge in [0, 0.05) is 17.5 Å². The van der Waals surface area contributed by atoms with E-state index in [1.54, 1.807) is 6.92 Å². The van der Waals surface area contributed by atoms with E-state index in [4.69, 9.17) is 0 Å². The highest BCUT2D eigenvalue weighted by molar-refractivity contribution is 7.91. The van der Waals surface area contributed by atoms with Crippen molar-refractivity contribution >= 4 is 15.5 Å². The Labute approximate surface area is 111 Å². The topological polar surface area (TPSA) is 46.2 Å². The summed E-state index contributed by atoms with van der Waals surface area (Å²) in [6.45, 7) is 5.73. The third-order valence-corrected chi connectivity index (χ3v) is 4.74. The molecule has 1 N–H and O–H groups in total. The maximum Gasteiger partial charge on any atom is 0.152 e. The van der Waals surface area contributed by atoms with Gasteiger partial charge in [0.25, 0.3) is 0 Å². The first-order chi connectivity index (χ1) is 8.46. The lowest BCUT2D eigenvalue weighted by Crippen LogP contribution is -2.26. The molecule has 0 saturated carbocycles. The second-order valence-electron chi connectivity index (χ2n) is 4.69. The van der Waals surface area contributed by atoms with Crippen molar-refractivity contribution in [2.75, 3.05) is 16.8 Å². The normalized spacial score (nSPS) is 13.3. The van der Waals surface area contributed by atoms with E-state index in [1.165, 1.54) is 5.56 Å². The molecule has 0 aromatic heterocycles. The molecule has 0 saturated heterocycles. The Bertz CT molecular complexity index is 451. The van der Waals surface area contributed by atoms with Gasteiger partial charge in [0.1, 0.15) is 0 Å². The van der Waals surface area contributed by atoms with Crippen molar-refractivity contribution in [2.45, 2.75) is 39.7 Å². The number of anilines is 1. The van der Waals surface area contributed by atoms with Crippen LogP contribution in [0.15, 0.2) is 24.3 Å². The molecule has 0 aliphatic rings. The summed E-state index contributed by atoms with van der Waals surface area (Å²) < 4.78 is 23.0. The zero-order chi connectivity index (χ0) is 13.6. The molecule has 1 rings (SSSR count). The number of rotatable bonds is 7. The van der Waals surface area contributed by atoms with Crippen LogP contribution in [0.3, 0.4) is 0 Å². The van der Waals surface area contributed by atoms with Crippen molar-refractivity contribution < 1.29 is 8.42 Å². The first-order valence-electron chi connectivity index (χ1n) is 6.52. The molecule has 0 aliphatic heterocycles. The summed E-state index contributed by atoms with van der Waals surface area (Å²) in [5.74, 6) is 0.384. The third-order valence-electron chi connectivity index (χ3n) is 2.85. The lowest BCUT2D eigenvalue weighted by atomic mass is 10.1. The highest BCUT2D eigenvalue weighted by Gasteiger charge is 2.13. The Balaban J connectivity index is 2.57. The summed E-state index contributed by atoms with van der Waals surface area (Å²) in [4.78, 5) is 0. The first-order valence-corrected chi connectivity index (χ1v) is 8.35. The minimum Gasteiger partial charge on any atom is -0.382 e. The van der Waals surface area contributed by atoms with Crippen molar-refractivity contribution in [3.8, 4) is 0 Å². The molecule has 1 unspecified atom stereocenters. The number of benzene rings is 1. The molecule has 3 nitrogen and oxygen atoms in total. The van der Waals surface area contributed by atoms with Crippen LogP contribution in [0, 0.1) is 0 Å². The summed E-state index contributed by atoms with van der Waals surface area (Å²) in [6, 6.07) is 8.15. The average molecular weight is 269 g/mol. The van der Waals surface area contributed by atoms with Gasteiger partial charge in [0.05, 0.1) is 5.75 Å². The van der Waals surface area contributed by atoms with Gasteiger partial charge in [-0.25, -0.2) is 8.42 Å². The van der Waals surface area contributed by atoms with Crippen LogP contribution in [0.5, 0.6) is 0 Å². The van der Waals surface area contributed by atoms with E-state index in [2.05, 4.69) is 24.4 Å². The first kappa shape index (κ1) is 15.0. The molecule has 0 bridgehead atoms. The number of nitrogens with one attached hydrogen (secondary N) is 1. The summed E-state index contributed by atoms with van der Waals surface area (Å²) in [6.07, 6.45) is 2.22. The Morgan fingerprint density at radius 3 is 2.28 bits per heavy atom. The van der Waals surface area contributed by atoms with E-state index in [0.717, 1.165) is 18.5 Å². The quantitative estimate of drug-likeness (QED) is 0.828. The van der Waals surface area contributed by atoms with Gasteiger partial charge in [-0.2, -0.15) is 0 Å². The van der Waals surface area contributed by atoms with Gasteiger partial charge in [-0.3, -0.25) is 0 Å². The summed E-state index contributed by atoms with van der Waals surface area (Å²) in [5.41, 5.74) is 2.30. The number of aryl methyl sites for hydroxylation is 1. The maximum absolute atomic E-state index is 11.5. The van der Waals surface area contributed by atoms with Crippen LogP contribution in [-0.4, -0.2) is 26.0 Å². The van der Waals surface area contributed by atoms with E-state index in [0.29, 0.717) is 0 Å². The molecule has 0 fully saturated rings. The number of hydrogen-bond donors (Lipinski definition) is 1. The van der Waals surface area contributed by atoms with Crippen LogP contribution in [-0.2, 0) is 16.3 Å². The molecular weight excluding hydrogens is 246 g/mol. The van der Waals surface area contributed by atoms with Crippen molar-refractivity contribution in [3.05, 3.63) is 29.8 Å². The predicted molar refractivity (Wildman–Crippen MR) is 77.8 cm³/mol. The van der Waals surface area contributed by atoms with Gasteiger partial charge >= 0.3 is 0 Å². The van der Waals surface area contributed by atoms with Crippen LogP contribution in [0.1, 0.15) is 32.8 Å². The zero-order valence-electron chi connectivity index (χ0n) is 11.4. The molecule has 0 radical (unpaired) electrons. The van der Waals surface area contributed by atoms with Crippen molar-refractivity contribution in [1.29, 1.82) is 0 Å². The number of hydrogen-bond acceptors (Lipinski definition) is 3. The molecule has 0 amide bonds. The second kappa shape index (κ2) is 6.78. The van der Waals surface area contributed by atoms with Gasteiger partial charge < -0.3 is 5.32 Å². The monoisotopic (exact) mass is 269 g/mol. The van der Waals surface area contributed by atoms with E-state index in [1.807, 2.05) is 19.1 Å². The van der Waals surface area contributed by atoms with Gasteiger partial charge in [0.2, 0.25) is 0 Å². The fourth-order valence-corrected chi connectivity index (χ4v) is 2.96. The molecule has 0 heterocycles. The van der Waals surface area contributed by atoms with E-state index >= 15 is 0 Å². The Morgan fingerprint density at radius 1 is 1.17 bits per heavy atom. The van der Waals surface area contributed by atoms with E-state index in [9.17, 15) is 8.42 Å². The Hall–Kier alpha value is -1.03. The third kappa shape index (κ3) is 5.08. The molecule has 4 heteroatoms. The lowest BCUT2D eigenvalue weighted by Gasteiger charge is -2.15. The summed E-state index contributed by atoms with van der Waals surface area (Å²) in [5, 5.41) is 3.22. The summed E-state index contributed by atoms with van der Waals surface area (Å²) in [7, 11) is -2.92. The molecule has 102 valence electrons. The molecule has 1 aromatic rings. The van der Waals surface area contributed by atoms with Crippen LogP contribution in [0.2, 0.25) is 0 Å². The molecule has 0 aliphatic carbocycles. The fraction of sp³-hybridized carbons (Fsp3) is 0.571. The molecular formula is C14H23NO2S. The van der Waals surface area contributed by atoms with Crippen molar-refractivity contribution in [2.24, 2.45) is 0 Å².